The Morgan fingerprint density at radius 1 is 1.12 bits per heavy atom. The van der Waals surface area contributed by atoms with Crippen molar-refractivity contribution in [2.45, 2.75) is 6.61 Å². The molecule has 0 spiro atoms. The topological polar surface area (TPSA) is 65.0 Å². The van der Waals surface area contributed by atoms with Crippen LogP contribution in [0.2, 0.25) is 0 Å². The van der Waals surface area contributed by atoms with Gasteiger partial charge in [0.2, 0.25) is 5.75 Å². The van der Waals surface area contributed by atoms with Gasteiger partial charge in [0.05, 0.1) is 14.2 Å². The van der Waals surface area contributed by atoms with Crippen molar-refractivity contribution in [1.82, 2.24) is 0 Å². The van der Waals surface area contributed by atoms with Crippen molar-refractivity contribution in [3.05, 3.63) is 53.6 Å². The van der Waals surface area contributed by atoms with Crippen LogP contribution in [0.3, 0.4) is 0 Å². The molecular formula is C18H16F2O5. The molecule has 0 aliphatic carbocycles. The van der Waals surface area contributed by atoms with Gasteiger partial charge in [0.1, 0.15) is 5.75 Å². The number of halogens is 2. The number of hydrogen-bond donors (Lipinski definition) is 1. The molecule has 132 valence electrons. The predicted molar refractivity (Wildman–Crippen MR) is 87.6 cm³/mol. The second-order valence-corrected chi connectivity index (χ2v) is 4.88. The molecule has 0 heterocycles. The molecule has 5 nitrogen and oxygen atoms in total. The van der Waals surface area contributed by atoms with Gasteiger partial charge in [0.15, 0.2) is 17.3 Å². The van der Waals surface area contributed by atoms with E-state index in [0.717, 1.165) is 0 Å². The summed E-state index contributed by atoms with van der Waals surface area (Å²) in [5, 5.41) is 9.85. The van der Waals surface area contributed by atoms with Crippen LogP contribution >= 0.6 is 0 Å². The third-order valence-corrected chi connectivity index (χ3v) is 3.27. The van der Waals surface area contributed by atoms with Crippen molar-refractivity contribution in [3.8, 4) is 23.0 Å². The van der Waals surface area contributed by atoms with Gasteiger partial charge in [0, 0.05) is 5.56 Å². The Morgan fingerprint density at radius 3 is 2.32 bits per heavy atom. The summed E-state index contributed by atoms with van der Waals surface area (Å²) in [5.41, 5.74) is 0.756. The van der Waals surface area contributed by atoms with E-state index in [1.807, 2.05) is 0 Å². The highest BCUT2D eigenvalue weighted by Gasteiger charge is 2.11. The van der Waals surface area contributed by atoms with Crippen LogP contribution in [0.1, 0.15) is 15.9 Å². The highest BCUT2D eigenvalue weighted by atomic mass is 19.3. The molecule has 0 aromatic heterocycles. The maximum absolute atomic E-state index is 12.2. The van der Waals surface area contributed by atoms with E-state index in [0.29, 0.717) is 5.56 Å². The van der Waals surface area contributed by atoms with Crippen molar-refractivity contribution in [1.29, 1.82) is 0 Å². The van der Waals surface area contributed by atoms with Crippen molar-refractivity contribution in [2.75, 3.05) is 14.2 Å². The number of alkyl halides is 2. The zero-order chi connectivity index (χ0) is 18.4. The van der Waals surface area contributed by atoms with Crippen molar-refractivity contribution < 1.29 is 32.9 Å². The van der Waals surface area contributed by atoms with Crippen LogP contribution in [0.4, 0.5) is 8.78 Å². The summed E-state index contributed by atoms with van der Waals surface area (Å²) in [6, 6.07) is 8.56. The summed E-state index contributed by atoms with van der Waals surface area (Å²) in [7, 11) is 2.78. The molecule has 2 rings (SSSR count). The van der Waals surface area contributed by atoms with Crippen LogP contribution in [-0.4, -0.2) is 31.7 Å². The van der Waals surface area contributed by atoms with Crippen LogP contribution in [0.15, 0.2) is 42.5 Å². The van der Waals surface area contributed by atoms with Gasteiger partial charge >= 0.3 is 6.61 Å². The molecule has 2 aromatic rings. The molecule has 25 heavy (non-hydrogen) atoms. The molecule has 0 amide bonds. The minimum absolute atomic E-state index is 0.0952. The number of ketones is 1. The minimum atomic E-state index is -2.96. The van der Waals surface area contributed by atoms with Crippen LogP contribution in [-0.2, 0) is 0 Å². The van der Waals surface area contributed by atoms with Crippen molar-refractivity contribution in [3.63, 3.8) is 0 Å². The van der Waals surface area contributed by atoms with E-state index in [-0.39, 0.29) is 28.6 Å². The maximum atomic E-state index is 12.2. The van der Waals surface area contributed by atoms with Gasteiger partial charge in [-0.15, -0.1) is 0 Å². The smallest absolute Gasteiger partial charge is 0.387 e. The lowest BCUT2D eigenvalue weighted by molar-refractivity contribution is -0.0498. The van der Waals surface area contributed by atoms with Crippen LogP contribution < -0.4 is 14.2 Å². The number of hydrogen-bond acceptors (Lipinski definition) is 5. The number of allylic oxidation sites excluding steroid dienone is 1. The number of aromatic hydroxyl groups is 1. The summed E-state index contributed by atoms with van der Waals surface area (Å²) in [5.74, 6) is -0.254. The molecule has 1 N–H and O–H groups in total. The number of carbonyl (C=O) groups excluding carboxylic acids is 1. The van der Waals surface area contributed by atoms with E-state index in [4.69, 9.17) is 9.47 Å². The lowest BCUT2D eigenvalue weighted by atomic mass is 10.1. The number of ether oxygens (including phenoxy) is 3. The fourth-order valence-corrected chi connectivity index (χ4v) is 2.10. The predicted octanol–water partition coefficient (Wildman–Crippen LogP) is 3.91. The third kappa shape index (κ3) is 4.69. The van der Waals surface area contributed by atoms with Gasteiger partial charge in [0.25, 0.3) is 0 Å². The Kier molecular flexibility index (Phi) is 5.94. The molecule has 0 fully saturated rings. The highest BCUT2D eigenvalue weighted by Crippen LogP contribution is 2.37. The van der Waals surface area contributed by atoms with E-state index in [2.05, 4.69) is 4.74 Å². The molecule has 7 heteroatoms. The van der Waals surface area contributed by atoms with Crippen molar-refractivity contribution in [2.24, 2.45) is 0 Å². The normalized spacial score (nSPS) is 10.9. The van der Waals surface area contributed by atoms with Gasteiger partial charge in [-0.1, -0.05) is 18.2 Å². The number of benzene rings is 2. The Balaban J connectivity index is 2.23. The van der Waals surface area contributed by atoms with E-state index in [1.54, 1.807) is 0 Å². The molecule has 0 radical (unpaired) electrons. The van der Waals surface area contributed by atoms with E-state index in [1.165, 1.54) is 62.8 Å². The monoisotopic (exact) mass is 350 g/mol. The Morgan fingerprint density at radius 2 is 1.76 bits per heavy atom. The summed E-state index contributed by atoms with van der Waals surface area (Å²) < 4.78 is 38.8. The molecule has 0 unspecified atom stereocenters. The Hall–Kier alpha value is -3.09. The van der Waals surface area contributed by atoms with E-state index >= 15 is 0 Å². The van der Waals surface area contributed by atoms with Gasteiger partial charge in [-0.2, -0.15) is 8.78 Å². The second kappa shape index (κ2) is 8.14. The quantitative estimate of drug-likeness (QED) is 0.606. The second-order valence-electron chi connectivity index (χ2n) is 4.88. The van der Waals surface area contributed by atoms with E-state index in [9.17, 15) is 18.7 Å². The summed E-state index contributed by atoms with van der Waals surface area (Å²) in [6.07, 6.45) is 2.76. The van der Waals surface area contributed by atoms with Crippen LogP contribution in [0.5, 0.6) is 23.0 Å². The third-order valence-electron chi connectivity index (χ3n) is 3.27. The lowest BCUT2D eigenvalue weighted by Crippen LogP contribution is -2.03. The first-order valence-corrected chi connectivity index (χ1v) is 7.17. The lowest BCUT2D eigenvalue weighted by Gasteiger charge is -2.09. The molecule has 0 aliphatic rings. The molecule has 0 saturated heterocycles. The largest absolute Gasteiger partial charge is 0.502 e. The number of rotatable bonds is 7. The first-order valence-electron chi connectivity index (χ1n) is 7.17. The number of methoxy groups -OCH3 is 2. The standard InChI is InChI=1S/C18H16F2O5/c1-23-15-8-11(9-16(24-2)17(15)22)6-7-14(21)12-4-3-5-13(10-12)25-18(19)20/h3-10,18,22H,1-2H3/b7-6+. The first-order chi connectivity index (χ1) is 11.9. The molecule has 0 saturated carbocycles. The molecular weight excluding hydrogens is 334 g/mol. The molecule has 0 aliphatic heterocycles. The summed E-state index contributed by atoms with van der Waals surface area (Å²) in [4.78, 5) is 12.2. The van der Waals surface area contributed by atoms with Crippen molar-refractivity contribution >= 4 is 11.9 Å². The molecule has 0 atom stereocenters. The SMILES string of the molecule is COc1cc(/C=C/C(=O)c2cccc(OC(F)F)c2)cc(OC)c1O. The number of phenols is 1. The summed E-state index contributed by atoms with van der Waals surface area (Å²) in [6.45, 7) is -2.96. The van der Waals surface area contributed by atoms with E-state index < -0.39 is 12.4 Å². The molecule has 0 bridgehead atoms. The Labute approximate surface area is 143 Å². The fraction of sp³-hybridized carbons (Fsp3) is 0.167. The fourth-order valence-electron chi connectivity index (χ4n) is 2.10. The average molecular weight is 350 g/mol. The zero-order valence-electron chi connectivity index (χ0n) is 13.5. The minimum Gasteiger partial charge on any atom is -0.502 e. The van der Waals surface area contributed by atoms with Gasteiger partial charge in [-0.05, 0) is 35.9 Å². The average Bonchev–Trinajstić information content (AvgIpc) is 2.60. The van der Waals surface area contributed by atoms with Gasteiger partial charge in [-0.3, -0.25) is 4.79 Å². The first kappa shape index (κ1) is 18.3. The van der Waals surface area contributed by atoms with Crippen LogP contribution in [0, 0.1) is 0 Å². The van der Waals surface area contributed by atoms with Crippen LogP contribution in [0.25, 0.3) is 6.08 Å². The highest BCUT2D eigenvalue weighted by molar-refractivity contribution is 6.07. The number of phenolic OH excluding ortho intramolecular Hbond substituents is 1. The van der Waals surface area contributed by atoms with Gasteiger partial charge in [-0.25, -0.2) is 0 Å². The summed E-state index contributed by atoms with van der Waals surface area (Å²) >= 11 is 0. The Bertz CT molecular complexity index is 762. The maximum Gasteiger partial charge on any atom is 0.387 e. The molecule has 2 aromatic carbocycles. The zero-order valence-corrected chi connectivity index (χ0v) is 13.5. The number of carbonyl (C=O) groups is 1. The van der Waals surface area contributed by atoms with Gasteiger partial charge < -0.3 is 19.3 Å².